The summed E-state index contributed by atoms with van der Waals surface area (Å²) in [5.74, 6) is -1.67. The number of para-hydroxylation sites is 1. The maximum absolute atomic E-state index is 12.8. The van der Waals surface area contributed by atoms with Gasteiger partial charge in [0.05, 0.1) is 5.69 Å². The van der Waals surface area contributed by atoms with Gasteiger partial charge < -0.3 is 10.5 Å². The Labute approximate surface area is 160 Å². The first-order valence-electron chi connectivity index (χ1n) is 8.35. The Bertz CT molecular complexity index is 995. The smallest absolute Gasteiger partial charge is 0.335 e. The number of aryl methyl sites for hydroxylation is 1. The molecule has 0 bridgehead atoms. The fourth-order valence-corrected chi connectivity index (χ4v) is 2.67. The number of hydrogen-bond acceptors (Lipinski definition) is 5. The maximum Gasteiger partial charge on any atom is 0.335 e. The Hall–Kier alpha value is -3.94. The largest absolute Gasteiger partial charge is 0.484 e. The summed E-state index contributed by atoms with van der Waals surface area (Å²) in [7, 11) is 0. The van der Waals surface area contributed by atoms with E-state index < -0.39 is 23.8 Å². The molecule has 8 heteroatoms. The number of amides is 5. The lowest BCUT2D eigenvalue weighted by molar-refractivity contribution is -0.123. The quantitative estimate of drug-likeness (QED) is 0.603. The average molecular weight is 379 g/mol. The highest BCUT2D eigenvalue weighted by atomic mass is 16.5. The van der Waals surface area contributed by atoms with Crippen LogP contribution in [0.25, 0.3) is 6.08 Å². The molecule has 1 aliphatic rings. The van der Waals surface area contributed by atoms with Gasteiger partial charge in [0.2, 0.25) is 0 Å². The number of ether oxygens (including phenoxy) is 1. The normalized spacial score (nSPS) is 15.5. The predicted octanol–water partition coefficient (Wildman–Crippen LogP) is 1.53. The molecule has 1 aliphatic heterocycles. The molecule has 8 nitrogen and oxygen atoms in total. The van der Waals surface area contributed by atoms with Crippen LogP contribution < -0.4 is 20.7 Å². The lowest BCUT2D eigenvalue weighted by atomic mass is 10.1. The molecule has 3 N–H and O–H groups in total. The van der Waals surface area contributed by atoms with E-state index in [0.717, 1.165) is 10.5 Å². The van der Waals surface area contributed by atoms with Crippen LogP contribution in [0.1, 0.15) is 11.1 Å². The monoisotopic (exact) mass is 379 g/mol. The summed E-state index contributed by atoms with van der Waals surface area (Å²) < 4.78 is 5.16. The SMILES string of the molecule is Cc1ccccc1N1C(=O)NC(=O)C(=Cc2ccc(OCC(N)=O)cc2)C1=O. The van der Waals surface area contributed by atoms with Crippen LogP contribution in [-0.2, 0) is 14.4 Å². The number of imide groups is 2. The third kappa shape index (κ3) is 3.90. The second-order valence-electron chi connectivity index (χ2n) is 6.07. The van der Waals surface area contributed by atoms with Crippen LogP contribution in [0.15, 0.2) is 54.1 Å². The first-order valence-corrected chi connectivity index (χ1v) is 8.35. The van der Waals surface area contributed by atoms with Gasteiger partial charge in [0, 0.05) is 0 Å². The molecular formula is C20H17N3O5. The van der Waals surface area contributed by atoms with Crippen molar-refractivity contribution in [3.05, 3.63) is 65.2 Å². The maximum atomic E-state index is 12.8. The Balaban J connectivity index is 1.89. The molecule has 5 amide bonds. The molecule has 28 heavy (non-hydrogen) atoms. The van der Waals surface area contributed by atoms with Gasteiger partial charge in [0.25, 0.3) is 17.7 Å². The van der Waals surface area contributed by atoms with Crippen LogP contribution in [-0.4, -0.2) is 30.4 Å². The van der Waals surface area contributed by atoms with E-state index in [1.807, 2.05) is 0 Å². The molecule has 2 aromatic rings. The van der Waals surface area contributed by atoms with E-state index in [2.05, 4.69) is 5.32 Å². The zero-order valence-electron chi connectivity index (χ0n) is 15.0. The topological polar surface area (TPSA) is 119 Å². The molecule has 3 rings (SSSR count). The second kappa shape index (κ2) is 7.75. The highest BCUT2D eigenvalue weighted by Gasteiger charge is 2.37. The molecule has 0 spiro atoms. The van der Waals surface area contributed by atoms with Crippen molar-refractivity contribution in [1.29, 1.82) is 0 Å². The molecule has 0 aliphatic carbocycles. The van der Waals surface area contributed by atoms with Crippen LogP contribution in [0, 0.1) is 6.92 Å². The molecule has 142 valence electrons. The fraction of sp³-hybridized carbons (Fsp3) is 0.100. The second-order valence-corrected chi connectivity index (χ2v) is 6.07. The van der Waals surface area contributed by atoms with E-state index in [1.165, 1.54) is 6.08 Å². The number of anilines is 1. The van der Waals surface area contributed by atoms with Crippen LogP contribution in [0.2, 0.25) is 0 Å². The third-order valence-electron chi connectivity index (χ3n) is 4.03. The summed E-state index contributed by atoms with van der Waals surface area (Å²) in [6, 6.07) is 12.5. The summed E-state index contributed by atoms with van der Waals surface area (Å²) in [5, 5.41) is 2.18. The molecule has 0 unspecified atom stereocenters. The average Bonchev–Trinajstić information content (AvgIpc) is 2.65. The highest BCUT2D eigenvalue weighted by molar-refractivity contribution is 6.39. The van der Waals surface area contributed by atoms with E-state index in [4.69, 9.17) is 10.5 Å². The molecule has 0 atom stereocenters. The third-order valence-corrected chi connectivity index (χ3v) is 4.03. The van der Waals surface area contributed by atoms with Gasteiger partial charge in [-0.15, -0.1) is 0 Å². The minimum absolute atomic E-state index is 0.173. The lowest BCUT2D eigenvalue weighted by Gasteiger charge is -2.27. The molecule has 0 aromatic heterocycles. The molecule has 0 saturated carbocycles. The predicted molar refractivity (Wildman–Crippen MR) is 101 cm³/mol. The highest BCUT2D eigenvalue weighted by Crippen LogP contribution is 2.25. The number of nitrogens with two attached hydrogens (primary N) is 1. The minimum Gasteiger partial charge on any atom is -0.484 e. The van der Waals surface area contributed by atoms with Crippen molar-refractivity contribution < 1.29 is 23.9 Å². The first kappa shape index (κ1) is 18.8. The number of nitrogens with one attached hydrogen (secondary N) is 1. The summed E-state index contributed by atoms with van der Waals surface area (Å²) in [6.07, 6.45) is 1.38. The van der Waals surface area contributed by atoms with Gasteiger partial charge in [0.1, 0.15) is 11.3 Å². The van der Waals surface area contributed by atoms with Crippen molar-refractivity contribution in [1.82, 2.24) is 5.32 Å². The Morgan fingerprint density at radius 1 is 1.11 bits per heavy atom. The van der Waals surface area contributed by atoms with E-state index >= 15 is 0 Å². The number of primary amides is 1. The number of benzene rings is 2. The summed E-state index contributed by atoms with van der Waals surface area (Å²) in [6.45, 7) is 1.51. The van der Waals surface area contributed by atoms with Crippen LogP contribution in [0.3, 0.4) is 0 Å². The Morgan fingerprint density at radius 2 is 1.79 bits per heavy atom. The van der Waals surface area contributed by atoms with Crippen molar-refractivity contribution >= 4 is 35.5 Å². The first-order chi connectivity index (χ1) is 13.4. The number of barbiturate groups is 1. The number of rotatable bonds is 5. The molecule has 2 aromatic carbocycles. The molecule has 1 fully saturated rings. The van der Waals surface area contributed by atoms with Crippen molar-refractivity contribution in [2.45, 2.75) is 6.92 Å². The molecular weight excluding hydrogens is 362 g/mol. The molecule has 0 radical (unpaired) electrons. The van der Waals surface area contributed by atoms with Crippen LogP contribution in [0.4, 0.5) is 10.5 Å². The van der Waals surface area contributed by atoms with Gasteiger partial charge in [-0.05, 0) is 42.3 Å². The zero-order valence-corrected chi connectivity index (χ0v) is 15.0. The number of nitrogens with zero attached hydrogens (tertiary/aromatic N) is 1. The molecule has 1 saturated heterocycles. The van der Waals surface area contributed by atoms with Crippen LogP contribution in [0.5, 0.6) is 5.75 Å². The summed E-state index contributed by atoms with van der Waals surface area (Å²) in [4.78, 5) is 49.0. The van der Waals surface area contributed by atoms with Gasteiger partial charge in [-0.25, -0.2) is 9.69 Å². The van der Waals surface area contributed by atoms with Gasteiger partial charge in [-0.1, -0.05) is 30.3 Å². The van der Waals surface area contributed by atoms with Gasteiger partial charge in [-0.2, -0.15) is 0 Å². The van der Waals surface area contributed by atoms with Gasteiger partial charge in [-0.3, -0.25) is 19.7 Å². The fourth-order valence-electron chi connectivity index (χ4n) is 2.67. The van der Waals surface area contributed by atoms with Crippen molar-refractivity contribution in [3.63, 3.8) is 0 Å². The summed E-state index contributed by atoms with van der Waals surface area (Å²) >= 11 is 0. The lowest BCUT2D eigenvalue weighted by Crippen LogP contribution is -2.54. The number of carbonyl (C=O) groups is 4. The van der Waals surface area contributed by atoms with E-state index in [9.17, 15) is 19.2 Å². The number of carbonyl (C=O) groups excluding carboxylic acids is 4. The van der Waals surface area contributed by atoms with Crippen molar-refractivity contribution in [3.8, 4) is 5.75 Å². The number of urea groups is 1. The van der Waals surface area contributed by atoms with E-state index in [0.29, 0.717) is 17.0 Å². The van der Waals surface area contributed by atoms with E-state index in [1.54, 1.807) is 55.5 Å². The number of hydrogen-bond donors (Lipinski definition) is 2. The minimum atomic E-state index is -0.795. The Kier molecular flexibility index (Phi) is 5.21. The van der Waals surface area contributed by atoms with E-state index in [-0.39, 0.29) is 12.2 Å². The molecule has 1 heterocycles. The zero-order chi connectivity index (χ0) is 20.3. The van der Waals surface area contributed by atoms with Crippen LogP contribution >= 0.6 is 0 Å². The van der Waals surface area contributed by atoms with Gasteiger partial charge in [0.15, 0.2) is 6.61 Å². The standard InChI is InChI=1S/C20H17N3O5/c1-12-4-2-3-5-16(12)23-19(26)15(18(25)22-20(23)27)10-13-6-8-14(9-7-13)28-11-17(21)24/h2-10H,11H2,1H3,(H2,21,24)(H,22,25,27). The van der Waals surface area contributed by atoms with Crippen molar-refractivity contribution in [2.75, 3.05) is 11.5 Å². The summed E-state index contributed by atoms with van der Waals surface area (Å²) in [5.41, 5.74) is 6.51. The van der Waals surface area contributed by atoms with Gasteiger partial charge >= 0.3 is 6.03 Å². The van der Waals surface area contributed by atoms with Crippen molar-refractivity contribution in [2.24, 2.45) is 5.73 Å². The Morgan fingerprint density at radius 3 is 2.43 bits per heavy atom.